The molecule has 2 N–H and O–H groups in total. The van der Waals surface area contributed by atoms with Gasteiger partial charge in [0.05, 0.1) is 21.3 Å². The van der Waals surface area contributed by atoms with Gasteiger partial charge in [-0.15, -0.1) is 0 Å². The predicted molar refractivity (Wildman–Crippen MR) is 101 cm³/mol. The van der Waals surface area contributed by atoms with E-state index < -0.39 is 41.7 Å². The van der Waals surface area contributed by atoms with Crippen molar-refractivity contribution in [3.8, 4) is 0 Å². The molecule has 158 valence electrons. The number of hydrogen-bond donors (Lipinski definition) is 2. The standard InChI is InChI=1S/C19H24N2O8/c1-10(14(17(24)27-3)18(25)28-4)15(19(26)29-5)21-16(23)12-7-6-8-13(9-12)20-11(2)22/h6-10,14-15H,1-5H3,(H,20,22)(H,21,23)/t10-,15+/m0/s1. The summed E-state index contributed by atoms with van der Waals surface area (Å²) in [5, 5.41) is 5.00. The van der Waals surface area contributed by atoms with Gasteiger partial charge in [0.25, 0.3) is 5.91 Å². The van der Waals surface area contributed by atoms with E-state index in [9.17, 15) is 24.0 Å². The quantitative estimate of drug-likeness (QED) is 0.361. The Balaban J connectivity index is 3.17. The molecule has 1 rings (SSSR count). The van der Waals surface area contributed by atoms with E-state index in [4.69, 9.17) is 4.74 Å². The minimum Gasteiger partial charge on any atom is -0.468 e. The molecule has 0 fully saturated rings. The fourth-order valence-corrected chi connectivity index (χ4v) is 2.67. The van der Waals surface area contributed by atoms with Crippen LogP contribution in [0.25, 0.3) is 0 Å². The molecule has 0 saturated heterocycles. The van der Waals surface area contributed by atoms with E-state index in [1.165, 1.54) is 26.0 Å². The first-order valence-electron chi connectivity index (χ1n) is 8.58. The number of methoxy groups -OCH3 is 3. The van der Waals surface area contributed by atoms with Crippen molar-refractivity contribution in [2.75, 3.05) is 26.6 Å². The summed E-state index contributed by atoms with van der Waals surface area (Å²) in [7, 11) is 3.28. The summed E-state index contributed by atoms with van der Waals surface area (Å²) in [6, 6.07) is 4.66. The maximum atomic E-state index is 12.7. The molecule has 0 aliphatic heterocycles. The molecule has 0 saturated carbocycles. The smallest absolute Gasteiger partial charge is 0.328 e. The fourth-order valence-electron chi connectivity index (χ4n) is 2.67. The lowest BCUT2D eigenvalue weighted by Crippen LogP contribution is -2.51. The van der Waals surface area contributed by atoms with Gasteiger partial charge in [0.15, 0.2) is 5.92 Å². The average Bonchev–Trinajstić information content (AvgIpc) is 2.70. The Hall–Kier alpha value is -3.43. The molecule has 29 heavy (non-hydrogen) atoms. The summed E-state index contributed by atoms with van der Waals surface area (Å²) < 4.78 is 13.9. The van der Waals surface area contributed by atoms with Crippen LogP contribution in [-0.2, 0) is 33.4 Å². The number of anilines is 1. The minimum atomic E-state index is -1.46. The number of carbonyl (C=O) groups excluding carboxylic acids is 5. The molecule has 0 radical (unpaired) electrons. The zero-order chi connectivity index (χ0) is 22.1. The zero-order valence-electron chi connectivity index (χ0n) is 16.8. The van der Waals surface area contributed by atoms with Crippen molar-refractivity contribution in [3.63, 3.8) is 0 Å². The Kier molecular flexibility index (Phi) is 8.78. The van der Waals surface area contributed by atoms with Crippen LogP contribution in [0.2, 0.25) is 0 Å². The summed E-state index contributed by atoms with van der Waals surface area (Å²) in [4.78, 5) is 60.2. The molecule has 0 spiro atoms. The Morgan fingerprint density at radius 3 is 1.93 bits per heavy atom. The molecule has 0 heterocycles. The van der Waals surface area contributed by atoms with Gasteiger partial charge in [0.1, 0.15) is 6.04 Å². The van der Waals surface area contributed by atoms with Crippen LogP contribution >= 0.6 is 0 Å². The first kappa shape index (κ1) is 23.6. The van der Waals surface area contributed by atoms with Gasteiger partial charge < -0.3 is 24.8 Å². The van der Waals surface area contributed by atoms with Gasteiger partial charge in [0, 0.05) is 24.1 Å². The lowest BCUT2D eigenvalue weighted by Gasteiger charge is -2.27. The molecule has 10 heteroatoms. The van der Waals surface area contributed by atoms with Crippen molar-refractivity contribution in [2.24, 2.45) is 11.8 Å². The van der Waals surface area contributed by atoms with Crippen LogP contribution in [-0.4, -0.2) is 57.1 Å². The van der Waals surface area contributed by atoms with E-state index in [-0.39, 0.29) is 11.5 Å². The first-order valence-corrected chi connectivity index (χ1v) is 8.58. The maximum Gasteiger partial charge on any atom is 0.328 e. The van der Waals surface area contributed by atoms with Crippen LogP contribution in [0.4, 0.5) is 5.69 Å². The monoisotopic (exact) mass is 408 g/mol. The fraction of sp³-hybridized carbons (Fsp3) is 0.421. The van der Waals surface area contributed by atoms with Crippen molar-refractivity contribution < 1.29 is 38.2 Å². The summed E-state index contributed by atoms with van der Waals surface area (Å²) >= 11 is 0. The summed E-state index contributed by atoms with van der Waals surface area (Å²) in [6.07, 6.45) is 0. The number of ether oxygens (including phenoxy) is 3. The van der Waals surface area contributed by atoms with E-state index in [1.54, 1.807) is 12.1 Å². The highest BCUT2D eigenvalue weighted by molar-refractivity contribution is 6.00. The predicted octanol–water partition coefficient (Wildman–Crippen LogP) is 0.515. The van der Waals surface area contributed by atoms with Crippen LogP contribution in [0, 0.1) is 11.8 Å². The van der Waals surface area contributed by atoms with Gasteiger partial charge in [-0.05, 0) is 18.2 Å². The lowest BCUT2D eigenvalue weighted by molar-refractivity contribution is -0.163. The molecule has 0 aliphatic rings. The molecular formula is C19H24N2O8. The SMILES string of the molecule is COC(=O)C(C(=O)OC)[C@H](C)[C@@H](NC(=O)c1cccc(NC(C)=O)c1)C(=O)OC. The van der Waals surface area contributed by atoms with Crippen LogP contribution < -0.4 is 10.6 Å². The van der Waals surface area contributed by atoms with Crippen molar-refractivity contribution in [1.29, 1.82) is 0 Å². The van der Waals surface area contributed by atoms with E-state index in [0.717, 1.165) is 21.3 Å². The van der Waals surface area contributed by atoms with Crippen LogP contribution in [0.5, 0.6) is 0 Å². The molecule has 0 unspecified atom stereocenters. The number of esters is 3. The molecule has 1 aromatic rings. The molecule has 2 amide bonds. The van der Waals surface area contributed by atoms with Gasteiger partial charge in [-0.3, -0.25) is 19.2 Å². The summed E-state index contributed by atoms with van der Waals surface area (Å²) in [5.41, 5.74) is 0.528. The van der Waals surface area contributed by atoms with Gasteiger partial charge >= 0.3 is 17.9 Å². The third-order valence-electron chi connectivity index (χ3n) is 4.15. The highest BCUT2D eigenvalue weighted by Crippen LogP contribution is 2.21. The van der Waals surface area contributed by atoms with Crippen LogP contribution in [0.3, 0.4) is 0 Å². The minimum absolute atomic E-state index is 0.144. The number of benzene rings is 1. The third kappa shape index (κ3) is 6.30. The average molecular weight is 408 g/mol. The van der Waals surface area contributed by atoms with Crippen molar-refractivity contribution in [1.82, 2.24) is 5.32 Å². The van der Waals surface area contributed by atoms with E-state index in [0.29, 0.717) is 5.69 Å². The molecule has 1 aromatic carbocycles. The van der Waals surface area contributed by atoms with Crippen LogP contribution in [0.1, 0.15) is 24.2 Å². The number of carbonyl (C=O) groups is 5. The molecule has 0 bridgehead atoms. The third-order valence-corrected chi connectivity index (χ3v) is 4.15. The summed E-state index contributed by atoms with van der Waals surface area (Å²) in [5.74, 6) is -6.18. The lowest BCUT2D eigenvalue weighted by atomic mass is 9.87. The first-order chi connectivity index (χ1) is 13.7. The molecule has 0 aliphatic carbocycles. The van der Waals surface area contributed by atoms with Crippen molar-refractivity contribution in [2.45, 2.75) is 19.9 Å². The number of nitrogens with one attached hydrogen (secondary N) is 2. The maximum absolute atomic E-state index is 12.7. The molecular weight excluding hydrogens is 384 g/mol. The van der Waals surface area contributed by atoms with Crippen LogP contribution in [0.15, 0.2) is 24.3 Å². The second-order valence-corrected chi connectivity index (χ2v) is 6.12. The summed E-state index contributed by atoms with van der Waals surface area (Å²) in [6.45, 7) is 2.73. The Labute approximate surface area is 167 Å². The largest absolute Gasteiger partial charge is 0.468 e. The Morgan fingerprint density at radius 1 is 0.897 bits per heavy atom. The van der Waals surface area contributed by atoms with E-state index in [1.807, 2.05) is 0 Å². The molecule has 0 aromatic heterocycles. The second-order valence-electron chi connectivity index (χ2n) is 6.12. The number of amides is 2. The Bertz CT molecular complexity index is 776. The van der Waals surface area contributed by atoms with E-state index in [2.05, 4.69) is 20.1 Å². The molecule has 10 nitrogen and oxygen atoms in total. The molecule has 2 atom stereocenters. The van der Waals surface area contributed by atoms with Gasteiger partial charge in [-0.1, -0.05) is 13.0 Å². The zero-order valence-corrected chi connectivity index (χ0v) is 16.8. The van der Waals surface area contributed by atoms with Gasteiger partial charge in [-0.25, -0.2) is 4.79 Å². The van der Waals surface area contributed by atoms with Gasteiger partial charge in [-0.2, -0.15) is 0 Å². The van der Waals surface area contributed by atoms with Crippen molar-refractivity contribution in [3.05, 3.63) is 29.8 Å². The Morgan fingerprint density at radius 2 is 1.45 bits per heavy atom. The van der Waals surface area contributed by atoms with Crippen molar-refractivity contribution >= 4 is 35.4 Å². The highest BCUT2D eigenvalue weighted by atomic mass is 16.5. The second kappa shape index (κ2) is 10.8. The number of hydrogen-bond acceptors (Lipinski definition) is 8. The van der Waals surface area contributed by atoms with Gasteiger partial charge in [0.2, 0.25) is 5.91 Å². The normalized spacial score (nSPS) is 12.3. The number of rotatable bonds is 8. The highest BCUT2D eigenvalue weighted by Gasteiger charge is 2.42. The van der Waals surface area contributed by atoms with E-state index >= 15 is 0 Å². The topological polar surface area (TPSA) is 137 Å².